The van der Waals surface area contributed by atoms with Crippen molar-refractivity contribution in [1.82, 2.24) is 0 Å². The first-order valence-electron chi connectivity index (χ1n) is 5.79. The van der Waals surface area contributed by atoms with E-state index in [9.17, 15) is 27.9 Å². The first-order valence-corrected chi connectivity index (χ1v) is 6.16. The van der Waals surface area contributed by atoms with Crippen molar-refractivity contribution in [3.05, 3.63) is 34.9 Å². The monoisotopic (exact) mass is 344 g/mol. The van der Waals surface area contributed by atoms with Crippen LogP contribution in [0.2, 0.25) is 5.02 Å². The minimum absolute atomic E-state index is 0. The van der Waals surface area contributed by atoms with Crippen molar-refractivity contribution in [2.75, 3.05) is 6.61 Å². The Kier molecular flexibility index (Phi) is 8.24. The first-order chi connectivity index (χ1) is 10.1. The summed E-state index contributed by atoms with van der Waals surface area (Å²) >= 11 is 5.58. The molecule has 0 saturated heterocycles. The molecule has 0 N–H and O–H groups in total. The largest absolute Gasteiger partial charge is 1.00 e. The van der Waals surface area contributed by atoms with Crippen LogP contribution in [0.25, 0.3) is 5.76 Å². The quantitative estimate of drug-likeness (QED) is 0.227. The number of alkyl halides is 3. The van der Waals surface area contributed by atoms with Gasteiger partial charge in [-0.15, -0.1) is 13.2 Å². The molecule has 0 aliphatic carbocycles. The molecule has 0 unspecified atom stereocenters. The summed E-state index contributed by atoms with van der Waals surface area (Å²) in [4.78, 5) is 22.4. The number of carbonyl (C=O) groups excluding carboxylic acids is 2. The van der Waals surface area contributed by atoms with Crippen LogP contribution >= 0.6 is 11.6 Å². The van der Waals surface area contributed by atoms with Gasteiger partial charge in [-0.05, 0) is 36.8 Å². The molecule has 0 fully saturated rings. The van der Waals surface area contributed by atoms with Gasteiger partial charge in [-0.2, -0.15) is 0 Å². The molecule has 0 saturated carbocycles. The number of carbonyl (C=O) groups is 2. The Balaban J connectivity index is 0.00000484. The maximum Gasteiger partial charge on any atom is 1.00 e. The number of benzene rings is 1. The molecule has 23 heavy (non-hydrogen) atoms. The summed E-state index contributed by atoms with van der Waals surface area (Å²) in [5.41, 5.74) is -0.343. The van der Waals surface area contributed by atoms with Crippen LogP contribution in [0.4, 0.5) is 13.2 Å². The number of halogens is 4. The van der Waals surface area contributed by atoms with Crippen LogP contribution in [0.15, 0.2) is 24.3 Å². The third-order valence-electron chi connectivity index (χ3n) is 2.13. The summed E-state index contributed by atoms with van der Waals surface area (Å²) in [6, 6.07) is 2.62. The van der Waals surface area contributed by atoms with E-state index in [1.54, 1.807) is 0 Å². The van der Waals surface area contributed by atoms with Crippen LogP contribution in [-0.2, 0) is 14.3 Å². The smallest absolute Gasteiger partial charge is 0.872 e. The van der Waals surface area contributed by atoms with Crippen molar-refractivity contribution in [2.45, 2.75) is 13.3 Å². The standard InChI is InChI=1S/C13H10ClF3O5.Li/c1-2-21-12(20)11(19)6-10(18)7-3-8(14)5-9(4-7)22-13(15,16)17;/h3-6,18H,2H2,1H3;/q;+1/p-1/b10-6-;. The fourth-order valence-electron chi connectivity index (χ4n) is 1.36. The Hall–Kier alpha value is -1.62. The van der Waals surface area contributed by atoms with Gasteiger partial charge in [-0.1, -0.05) is 17.4 Å². The number of hydrogen-bond acceptors (Lipinski definition) is 5. The minimum atomic E-state index is -4.96. The molecule has 0 aliphatic heterocycles. The summed E-state index contributed by atoms with van der Waals surface area (Å²) < 4.78 is 44.4. The molecule has 0 aliphatic rings. The number of hydrogen-bond donors (Lipinski definition) is 0. The summed E-state index contributed by atoms with van der Waals surface area (Å²) in [7, 11) is 0. The molecule has 0 aromatic heterocycles. The Bertz CT molecular complexity index is 616. The van der Waals surface area contributed by atoms with Crippen molar-refractivity contribution >= 4 is 29.1 Å². The molecule has 1 aromatic carbocycles. The molecule has 1 aromatic rings. The second kappa shape index (κ2) is 8.87. The van der Waals surface area contributed by atoms with E-state index in [0.29, 0.717) is 6.08 Å². The van der Waals surface area contributed by atoms with Gasteiger partial charge >= 0.3 is 31.2 Å². The molecule has 0 heterocycles. The molecule has 1 rings (SSSR count). The summed E-state index contributed by atoms with van der Waals surface area (Å²) in [5.74, 6) is -4.21. The molecule has 5 nitrogen and oxygen atoms in total. The normalized spacial score (nSPS) is 11.4. The maximum absolute atomic E-state index is 12.1. The van der Waals surface area contributed by atoms with Gasteiger partial charge in [0.15, 0.2) is 0 Å². The number of ether oxygens (including phenoxy) is 2. The molecule has 10 heteroatoms. The van der Waals surface area contributed by atoms with Crippen molar-refractivity contribution < 1.29 is 56.2 Å². The van der Waals surface area contributed by atoms with E-state index < -0.39 is 29.6 Å². The van der Waals surface area contributed by atoms with Gasteiger partial charge in [-0.25, -0.2) is 4.79 Å². The van der Waals surface area contributed by atoms with Gasteiger partial charge in [-0.3, -0.25) is 4.79 Å². The molecule has 0 radical (unpaired) electrons. The van der Waals surface area contributed by atoms with E-state index in [-0.39, 0.29) is 36.1 Å². The molecule has 0 amide bonds. The van der Waals surface area contributed by atoms with E-state index in [1.807, 2.05) is 0 Å². The van der Waals surface area contributed by atoms with Crippen LogP contribution < -0.4 is 28.7 Å². The molecule has 0 bridgehead atoms. The van der Waals surface area contributed by atoms with Crippen LogP contribution in [0.5, 0.6) is 5.75 Å². The SMILES string of the molecule is CCOC(=O)C(=O)/C=C(\[O-])c1cc(Cl)cc(OC(F)(F)F)c1.[Li+]. The van der Waals surface area contributed by atoms with E-state index in [0.717, 1.165) is 18.2 Å². The molecule has 0 atom stereocenters. The number of ketones is 1. The predicted octanol–water partition coefficient (Wildman–Crippen LogP) is -0.924. The second-order valence-corrected chi connectivity index (χ2v) is 4.25. The molecule has 0 spiro atoms. The van der Waals surface area contributed by atoms with Crippen LogP contribution in [0.3, 0.4) is 0 Å². The number of rotatable bonds is 5. The van der Waals surface area contributed by atoms with E-state index >= 15 is 0 Å². The van der Waals surface area contributed by atoms with Crippen molar-refractivity contribution in [2.24, 2.45) is 0 Å². The Morgan fingerprint density at radius 1 is 1.30 bits per heavy atom. The van der Waals surface area contributed by atoms with Gasteiger partial charge in [0.05, 0.1) is 6.61 Å². The average Bonchev–Trinajstić information content (AvgIpc) is 2.35. The Morgan fingerprint density at radius 3 is 2.43 bits per heavy atom. The minimum Gasteiger partial charge on any atom is -0.872 e. The summed E-state index contributed by atoms with van der Waals surface area (Å²) in [6.45, 7) is 1.40. The zero-order valence-electron chi connectivity index (χ0n) is 12.1. The van der Waals surface area contributed by atoms with Gasteiger partial charge in [0.2, 0.25) is 0 Å². The van der Waals surface area contributed by atoms with Gasteiger partial charge in [0, 0.05) is 5.02 Å². The zero-order chi connectivity index (χ0) is 16.9. The first kappa shape index (κ1) is 21.4. The topological polar surface area (TPSA) is 75.7 Å². The summed E-state index contributed by atoms with van der Waals surface area (Å²) in [5, 5.41) is 11.5. The zero-order valence-corrected chi connectivity index (χ0v) is 12.8. The van der Waals surface area contributed by atoms with Gasteiger partial charge in [0.1, 0.15) is 5.75 Å². The van der Waals surface area contributed by atoms with E-state index in [4.69, 9.17) is 11.6 Å². The predicted molar refractivity (Wildman–Crippen MR) is 67.8 cm³/mol. The third kappa shape index (κ3) is 7.46. The van der Waals surface area contributed by atoms with E-state index in [1.165, 1.54) is 6.92 Å². The van der Waals surface area contributed by atoms with Gasteiger partial charge in [0.25, 0.3) is 5.78 Å². The maximum atomic E-state index is 12.1. The average molecular weight is 345 g/mol. The fraction of sp³-hybridized carbons (Fsp3) is 0.231. The van der Waals surface area contributed by atoms with Crippen molar-refractivity contribution in [1.29, 1.82) is 0 Å². The Morgan fingerprint density at radius 2 is 1.91 bits per heavy atom. The van der Waals surface area contributed by atoms with Gasteiger partial charge < -0.3 is 14.6 Å². The number of esters is 1. The van der Waals surface area contributed by atoms with Crippen LogP contribution in [0.1, 0.15) is 12.5 Å². The third-order valence-corrected chi connectivity index (χ3v) is 2.35. The Labute approximate surface area is 146 Å². The molecular weight excluding hydrogens is 336 g/mol. The van der Waals surface area contributed by atoms with Crippen molar-refractivity contribution in [3.63, 3.8) is 0 Å². The second-order valence-electron chi connectivity index (χ2n) is 3.82. The van der Waals surface area contributed by atoms with Crippen molar-refractivity contribution in [3.8, 4) is 5.75 Å². The fourth-order valence-corrected chi connectivity index (χ4v) is 1.59. The molecule has 120 valence electrons. The van der Waals surface area contributed by atoms with Crippen LogP contribution in [0, 0.1) is 0 Å². The van der Waals surface area contributed by atoms with E-state index in [2.05, 4.69) is 9.47 Å². The molecular formula is C13H9ClF3LiO5. The van der Waals surface area contributed by atoms with Crippen LogP contribution in [-0.4, -0.2) is 24.7 Å². The summed E-state index contributed by atoms with van der Waals surface area (Å²) in [6.07, 6.45) is -4.56.